The number of rotatable bonds is 8. The first-order valence-corrected chi connectivity index (χ1v) is 7.64. The topological polar surface area (TPSA) is 34.2 Å². The number of pyridine rings is 1. The predicted octanol–water partition coefficient (Wildman–Crippen LogP) is 3.13. The van der Waals surface area contributed by atoms with Gasteiger partial charge in [0.15, 0.2) is 0 Å². The second kappa shape index (κ2) is 8.38. The van der Waals surface area contributed by atoms with Crippen molar-refractivity contribution in [3.63, 3.8) is 0 Å². The van der Waals surface area contributed by atoms with Crippen LogP contribution in [-0.4, -0.2) is 30.1 Å². The van der Waals surface area contributed by atoms with E-state index in [1.54, 1.807) is 7.11 Å². The number of thioether (sulfide) groups is 1. The van der Waals surface area contributed by atoms with E-state index in [1.807, 2.05) is 30.1 Å². The first kappa shape index (κ1) is 15.3. The van der Waals surface area contributed by atoms with Crippen molar-refractivity contribution in [1.82, 2.24) is 10.3 Å². The third kappa shape index (κ3) is 4.86. The van der Waals surface area contributed by atoms with Crippen LogP contribution in [0.2, 0.25) is 0 Å². The summed E-state index contributed by atoms with van der Waals surface area (Å²) in [5.74, 6) is 3.80. The highest BCUT2D eigenvalue weighted by atomic mass is 32.2. The number of nitrogens with zero attached hydrogens (tertiary/aromatic N) is 1. The summed E-state index contributed by atoms with van der Waals surface area (Å²) in [6, 6.07) is 4.14. The van der Waals surface area contributed by atoms with E-state index >= 15 is 0 Å². The van der Waals surface area contributed by atoms with Crippen molar-refractivity contribution in [3.8, 4) is 5.75 Å². The van der Waals surface area contributed by atoms with E-state index in [0.29, 0.717) is 0 Å². The lowest BCUT2D eigenvalue weighted by molar-refractivity contribution is 0.398. The molecule has 18 heavy (non-hydrogen) atoms. The van der Waals surface area contributed by atoms with E-state index in [9.17, 15) is 0 Å². The minimum absolute atomic E-state index is 0.259. The quantitative estimate of drug-likeness (QED) is 0.785. The van der Waals surface area contributed by atoms with Crippen molar-refractivity contribution in [2.75, 3.05) is 25.2 Å². The number of ether oxygens (including phenoxy) is 1. The van der Waals surface area contributed by atoms with Crippen LogP contribution in [0.4, 0.5) is 0 Å². The Morgan fingerprint density at radius 3 is 2.78 bits per heavy atom. The zero-order chi connectivity index (χ0) is 13.4. The molecule has 0 aliphatic rings. The van der Waals surface area contributed by atoms with Crippen LogP contribution >= 0.6 is 11.8 Å². The lowest BCUT2D eigenvalue weighted by atomic mass is 10.2. The molecule has 0 fully saturated rings. The highest BCUT2D eigenvalue weighted by molar-refractivity contribution is 7.99. The summed E-state index contributed by atoms with van der Waals surface area (Å²) in [7, 11) is 1.70. The van der Waals surface area contributed by atoms with Crippen molar-refractivity contribution < 1.29 is 4.74 Å². The first-order chi connectivity index (χ1) is 8.69. The molecule has 0 bridgehead atoms. The predicted molar refractivity (Wildman–Crippen MR) is 79.4 cm³/mol. The molecule has 0 aliphatic heterocycles. The van der Waals surface area contributed by atoms with Gasteiger partial charge in [-0.2, -0.15) is 11.8 Å². The van der Waals surface area contributed by atoms with E-state index in [-0.39, 0.29) is 6.04 Å². The standard InChI is InChI=1S/C14H24N2OS/c1-5-15-12(10-18-9-11(2)3)14-13(17-4)7-6-8-16-14/h6-8,11-12,15H,5,9-10H2,1-4H3. The minimum atomic E-state index is 0.259. The van der Waals surface area contributed by atoms with Crippen molar-refractivity contribution >= 4 is 11.8 Å². The van der Waals surface area contributed by atoms with Gasteiger partial charge in [-0.05, 0) is 30.3 Å². The average Bonchev–Trinajstić information content (AvgIpc) is 2.37. The zero-order valence-electron chi connectivity index (χ0n) is 11.8. The smallest absolute Gasteiger partial charge is 0.142 e. The van der Waals surface area contributed by atoms with Crippen molar-refractivity contribution in [3.05, 3.63) is 24.0 Å². The van der Waals surface area contributed by atoms with E-state index in [1.165, 1.54) is 5.75 Å². The molecule has 1 heterocycles. The maximum absolute atomic E-state index is 5.39. The summed E-state index contributed by atoms with van der Waals surface area (Å²) in [4.78, 5) is 4.47. The molecule has 4 heteroatoms. The molecule has 1 N–H and O–H groups in total. The molecule has 102 valence electrons. The summed E-state index contributed by atoms with van der Waals surface area (Å²) in [5.41, 5.74) is 1.01. The molecule has 0 saturated carbocycles. The van der Waals surface area contributed by atoms with Crippen LogP contribution in [0.5, 0.6) is 5.75 Å². The fourth-order valence-electron chi connectivity index (χ4n) is 1.74. The SMILES string of the molecule is CCNC(CSCC(C)C)c1ncccc1OC. The van der Waals surface area contributed by atoms with Gasteiger partial charge in [0, 0.05) is 11.9 Å². The van der Waals surface area contributed by atoms with Crippen LogP contribution in [0, 0.1) is 5.92 Å². The Morgan fingerprint density at radius 2 is 2.17 bits per heavy atom. The average molecular weight is 268 g/mol. The lowest BCUT2D eigenvalue weighted by Gasteiger charge is -2.19. The van der Waals surface area contributed by atoms with Gasteiger partial charge in [-0.1, -0.05) is 20.8 Å². The van der Waals surface area contributed by atoms with Gasteiger partial charge in [0.05, 0.1) is 18.8 Å². The van der Waals surface area contributed by atoms with Crippen LogP contribution in [0.3, 0.4) is 0 Å². The normalized spacial score (nSPS) is 12.7. The second-order valence-corrected chi connectivity index (χ2v) is 5.71. The van der Waals surface area contributed by atoms with Crippen molar-refractivity contribution in [2.45, 2.75) is 26.8 Å². The van der Waals surface area contributed by atoms with Gasteiger partial charge >= 0.3 is 0 Å². The summed E-state index contributed by atoms with van der Waals surface area (Å²) in [5, 5.41) is 3.48. The van der Waals surface area contributed by atoms with Crippen LogP contribution < -0.4 is 10.1 Å². The number of hydrogen-bond donors (Lipinski definition) is 1. The highest BCUT2D eigenvalue weighted by Gasteiger charge is 2.16. The van der Waals surface area contributed by atoms with Gasteiger partial charge in [0.25, 0.3) is 0 Å². The number of methoxy groups -OCH3 is 1. The molecular formula is C14H24N2OS. The summed E-state index contributed by atoms with van der Waals surface area (Å²) in [6.07, 6.45) is 1.83. The molecule has 1 unspecified atom stereocenters. The van der Waals surface area contributed by atoms with Gasteiger partial charge in [-0.15, -0.1) is 0 Å². The van der Waals surface area contributed by atoms with Crippen molar-refractivity contribution in [1.29, 1.82) is 0 Å². The van der Waals surface area contributed by atoms with E-state index in [0.717, 1.165) is 29.7 Å². The van der Waals surface area contributed by atoms with Crippen LogP contribution in [0.1, 0.15) is 32.5 Å². The van der Waals surface area contributed by atoms with Crippen LogP contribution in [-0.2, 0) is 0 Å². The lowest BCUT2D eigenvalue weighted by Crippen LogP contribution is -2.24. The third-order valence-corrected chi connectivity index (χ3v) is 4.01. The molecule has 0 radical (unpaired) electrons. The van der Waals surface area contributed by atoms with E-state index in [4.69, 9.17) is 4.74 Å². The first-order valence-electron chi connectivity index (χ1n) is 6.49. The van der Waals surface area contributed by atoms with E-state index < -0.39 is 0 Å². The zero-order valence-corrected chi connectivity index (χ0v) is 12.6. The summed E-state index contributed by atoms with van der Waals surface area (Å²) >= 11 is 1.97. The van der Waals surface area contributed by atoms with E-state index in [2.05, 4.69) is 31.1 Å². The molecule has 0 aliphatic carbocycles. The maximum atomic E-state index is 5.39. The molecule has 0 saturated heterocycles. The van der Waals surface area contributed by atoms with Gasteiger partial charge in [-0.3, -0.25) is 4.98 Å². The molecule has 1 aromatic heterocycles. The Bertz CT molecular complexity index is 344. The molecule has 0 aromatic carbocycles. The third-order valence-electron chi connectivity index (χ3n) is 2.54. The van der Waals surface area contributed by atoms with Gasteiger partial charge in [0.1, 0.15) is 5.75 Å². The number of nitrogens with one attached hydrogen (secondary N) is 1. The Balaban J connectivity index is 2.70. The minimum Gasteiger partial charge on any atom is -0.495 e. The van der Waals surface area contributed by atoms with Gasteiger partial charge < -0.3 is 10.1 Å². The number of aromatic nitrogens is 1. The Kier molecular flexibility index (Phi) is 7.13. The largest absolute Gasteiger partial charge is 0.495 e. The molecule has 1 aromatic rings. The molecular weight excluding hydrogens is 244 g/mol. The molecule has 0 amide bonds. The molecule has 1 atom stereocenters. The molecule has 0 spiro atoms. The molecule has 1 rings (SSSR count). The van der Waals surface area contributed by atoms with Crippen LogP contribution in [0.25, 0.3) is 0 Å². The summed E-state index contributed by atoms with van der Waals surface area (Å²) < 4.78 is 5.39. The fraction of sp³-hybridized carbons (Fsp3) is 0.643. The second-order valence-electron chi connectivity index (χ2n) is 4.63. The fourth-order valence-corrected chi connectivity index (χ4v) is 2.86. The van der Waals surface area contributed by atoms with Gasteiger partial charge in [-0.25, -0.2) is 0 Å². The van der Waals surface area contributed by atoms with Gasteiger partial charge in [0.2, 0.25) is 0 Å². The Hall–Kier alpha value is -0.740. The monoisotopic (exact) mass is 268 g/mol. The number of hydrogen-bond acceptors (Lipinski definition) is 4. The summed E-state index contributed by atoms with van der Waals surface area (Å²) in [6.45, 7) is 7.55. The maximum Gasteiger partial charge on any atom is 0.142 e. The Morgan fingerprint density at radius 1 is 1.39 bits per heavy atom. The van der Waals surface area contributed by atoms with Crippen molar-refractivity contribution in [2.24, 2.45) is 5.92 Å². The highest BCUT2D eigenvalue weighted by Crippen LogP contribution is 2.25. The Labute approximate surface area is 115 Å². The van der Waals surface area contributed by atoms with Crippen LogP contribution in [0.15, 0.2) is 18.3 Å². The molecule has 3 nitrogen and oxygen atoms in total.